The molecule has 0 saturated carbocycles. The summed E-state index contributed by atoms with van der Waals surface area (Å²) >= 11 is 0. The minimum Gasteiger partial charge on any atom is -0.481 e. The molecule has 3 nitrogen and oxygen atoms in total. The number of halogens is 3. The number of fused-ring (bicyclic) bond motifs is 1. The highest BCUT2D eigenvalue weighted by Crippen LogP contribution is 2.31. The van der Waals surface area contributed by atoms with Crippen LogP contribution < -0.4 is 0 Å². The molecule has 0 saturated heterocycles. The number of rotatable bonds is 4. The SMILES string of the molecule is O=C(O)CCc1cc(-c2ccc(C(F)(F)F)cc2)nc2ccccc12. The molecule has 0 fully saturated rings. The Morgan fingerprint density at radius 1 is 1.04 bits per heavy atom. The Labute approximate surface area is 141 Å². The van der Waals surface area contributed by atoms with Crippen molar-refractivity contribution >= 4 is 16.9 Å². The lowest BCUT2D eigenvalue weighted by atomic mass is 10.00. The fourth-order valence-electron chi connectivity index (χ4n) is 2.67. The zero-order valence-corrected chi connectivity index (χ0v) is 13.0. The second kappa shape index (κ2) is 6.55. The van der Waals surface area contributed by atoms with Crippen LogP contribution in [0, 0.1) is 0 Å². The van der Waals surface area contributed by atoms with Gasteiger partial charge in [0, 0.05) is 17.4 Å². The highest BCUT2D eigenvalue weighted by molar-refractivity contribution is 5.85. The van der Waals surface area contributed by atoms with E-state index in [-0.39, 0.29) is 6.42 Å². The van der Waals surface area contributed by atoms with E-state index in [1.54, 1.807) is 12.1 Å². The van der Waals surface area contributed by atoms with E-state index < -0.39 is 17.7 Å². The first-order valence-electron chi connectivity index (χ1n) is 7.63. The summed E-state index contributed by atoms with van der Waals surface area (Å²) < 4.78 is 38.1. The molecule has 2 aromatic carbocycles. The van der Waals surface area contributed by atoms with E-state index in [9.17, 15) is 18.0 Å². The van der Waals surface area contributed by atoms with Crippen molar-refractivity contribution in [2.75, 3.05) is 0 Å². The highest BCUT2D eigenvalue weighted by atomic mass is 19.4. The number of hydrogen-bond donors (Lipinski definition) is 1. The summed E-state index contributed by atoms with van der Waals surface area (Å²) in [5.41, 5.74) is 1.84. The number of aryl methyl sites for hydroxylation is 1. The van der Waals surface area contributed by atoms with Gasteiger partial charge in [-0.15, -0.1) is 0 Å². The zero-order chi connectivity index (χ0) is 18.0. The number of para-hydroxylation sites is 1. The number of alkyl halides is 3. The van der Waals surface area contributed by atoms with Crippen molar-refractivity contribution in [3.05, 3.63) is 65.7 Å². The van der Waals surface area contributed by atoms with E-state index in [0.717, 1.165) is 23.1 Å². The van der Waals surface area contributed by atoms with Gasteiger partial charge in [0.15, 0.2) is 0 Å². The van der Waals surface area contributed by atoms with Crippen LogP contribution in [0.5, 0.6) is 0 Å². The topological polar surface area (TPSA) is 50.2 Å². The first-order valence-corrected chi connectivity index (χ1v) is 7.63. The second-order valence-electron chi connectivity index (χ2n) is 5.65. The number of nitrogens with zero attached hydrogens (tertiary/aromatic N) is 1. The molecule has 6 heteroatoms. The van der Waals surface area contributed by atoms with Gasteiger partial charge in [0.25, 0.3) is 0 Å². The molecule has 3 rings (SSSR count). The van der Waals surface area contributed by atoms with Gasteiger partial charge in [-0.25, -0.2) is 4.98 Å². The maximum atomic E-state index is 12.7. The van der Waals surface area contributed by atoms with Crippen molar-refractivity contribution < 1.29 is 23.1 Å². The molecular weight excluding hydrogens is 331 g/mol. The molecule has 0 unspecified atom stereocenters. The Kier molecular flexibility index (Phi) is 4.44. The minimum atomic E-state index is -4.39. The van der Waals surface area contributed by atoms with Crippen LogP contribution in [-0.4, -0.2) is 16.1 Å². The van der Waals surface area contributed by atoms with Crippen LogP contribution in [0.15, 0.2) is 54.6 Å². The van der Waals surface area contributed by atoms with Gasteiger partial charge in [-0.3, -0.25) is 4.79 Å². The van der Waals surface area contributed by atoms with Crippen LogP contribution in [0.4, 0.5) is 13.2 Å². The van der Waals surface area contributed by atoms with Gasteiger partial charge >= 0.3 is 12.1 Å². The van der Waals surface area contributed by atoms with E-state index in [0.29, 0.717) is 23.2 Å². The fraction of sp³-hybridized carbons (Fsp3) is 0.158. The average molecular weight is 345 g/mol. The molecule has 3 aromatic rings. The molecule has 0 aliphatic heterocycles. The highest BCUT2D eigenvalue weighted by Gasteiger charge is 2.30. The van der Waals surface area contributed by atoms with E-state index in [4.69, 9.17) is 5.11 Å². The first-order chi connectivity index (χ1) is 11.8. The third-order valence-electron chi connectivity index (χ3n) is 3.92. The van der Waals surface area contributed by atoms with Gasteiger partial charge < -0.3 is 5.11 Å². The van der Waals surface area contributed by atoms with Crippen molar-refractivity contribution in [1.29, 1.82) is 0 Å². The number of carboxylic acid groups (broad SMARTS) is 1. The van der Waals surface area contributed by atoms with Gasteiger partial charge in [0.1, 0.15) is 0 Å². The maximum absolute atomic E-state index is 12.7. The summed E-state index contributed by atoms with van der Waals surface area (Å²) in [6.45, 7) is 0. The van der Waals surface area contributed by atoms with Gasteiger partial charge in [-0.1, -0.05) is 30.3 Å². The van der Waals surface area contributed by atoms with Crippen molar-refractivity contribution in [2.45, 2.75) is 19.0 Å². The number of carboxylic acids is 1. The predicted molar refractivity (Wildman–Crippen MR) is 88.1 cm³/mol. The summed E-state index contributed by atoms with van der Waals surface area (Å²) in [6, 6.07) is 13.8. The average Bonchev–Trinajstić information content (AvgIpc) is 2.58. The first kappa shape index (κ1) is 17.0. The summed E-state index contributed by atoms with van der Waals surface area (Å²) in [4.78, 5) is 15.4. The van der Waals surface area contributed by atoms with Gasteiger partial charge in [0.05, 0.1) is 16.8 Å². The van der Waals surface area contributed by atoms with Crippen LogP contribution >= 0.6 is 0 Å². The Hall–Kier alpha value is -2.89. The van der Waals surface area contributed by atoms with E-state index in [2.05, 4.69) is 4.98 Å². The molecule has 0 atom stereocenters. The normalized spacial score (nSPS) is 11.6. The lowest BCUT2D eigenvalue weighted by molar-refractivity contribution is -0.138. The Balaban J connectivity index is 2.05. The van der Waals surface area contributed by atoms with E-state index in [1.807, 2.05) is 18.2 Å². The predicted octanol–water partition coefficient (Wildman–Crippen LogP) is 4.94. The smallest absolute Gasteiger partial charge is 0.416 e. The minimum absolute atomic E-state index is 0.0273. The Morgan fingerprint density at radius 2 is 1.72 bits per heavy atom. The number of benzene rings is 2. The molecular formula is C19H14F3NO2. The van der Waals surface area contributed by atoms with Crippen LogP contribution in [-0.2, 0) is 17.4 Å². The molecule has 0 aliphatic rings. The monoisotopic (exact) mass is 345 g/mol. The molecule has 0 amide bonds. The standard InChI is InChI=1S/C19H14F3NO2/c20-19(21,22)14-8-5-12(6-9-14)17-11-13(7-10-18(24)25)15-3-1-2-4-16(15)23-17/h1-6,8-9,11H,7,10H2,(H,24,25). The van der Waals surface area contributed by atoms with Crippen LogP contribution in [0.1, 0.15) is 17.5 Å². The number of hydrogen-bond acceptors (Lipinski definition) is 2. The van der Waals surface area contributed by atoms with Crippen LogP contribution in [0.3, 0.4) is 0 Å². The number of aliphatic carboxylic acids is 1. The molecule has 0 spiro atoms. The van der Waals surface area contributed by atoms with Crippen molar-refractivity contribution in [2.24, 2.45) is 0 Å². The summed E-state index contributed by atoms with van der Waals surface area (Å²) in [7, 11) is 0. The van der Waals surface area contributed by atoms with Crippen LogP contribution in [0.2, 0.25) is 0 Å². The van der Waals surface area contributed by atoms with Crippen LogP contribution in [0.25, 0.3) is 22.2 Å². The number of pyridine rings is 1. The molecule has 0 bridgehead atoms. The summed E-state index contributed by atoms with van der Waals surface area (Å²) in [5, 5.41) is 9.76. The van der Waals surface area contributed by atoms with E-state index in [1.165, 1.54) is 12.1 Å². The third-order valence-corrected chi connectivity index (χ3v) is 3.92. The molecule has 1 aromatic heterocycles. The zero-order valence-electron chi connectivity index (χ0n) is 13.0. The summed E-state index contributed by atoms with van der Waals surface area (Å²) in [5.74, 6) is -0.906. The Morgan fingerprint density at radius 3 is 2.36 bits per heavy atom. The number of carbonyl (C=O) groups is 1. The van der Waals surface area contributed by atoms with Crippen molar-refractivity contribution in [3.63, 3.8) is 0 Å². The maximum Gasteiger partial charge on any atom is 0.416 e. The largest absolute Gasteiger partial charge is 0.481 e. The lowest BCUT2D eigenvalue weighted by Crippen LogP contribution is -2.04. The Bertz CT molecular complexity index is 918. The third kappa shape index (κ3) is 3.79. The number of aromatic nitrogens is 1. The molecule has 0 radical (unpaired) electrons. The van der Waals surface area contributed by atoms with Gasteiger partial charge in [-0.2, -0.15) is 13.2 Å². The summed E-state index contributed by atoms with van der Waals surface area (Å²) in [6.07, 6.45) is -4.09. The molecule has 1 heterocycles. The fourth-order valence-corrected chi connectivity index (χ4v) is 2.67. The second-order valence-corrected chi connectivity index (χ2v) is 5.65. The van der Waals surface area contributed by atoms with Crippen molar-refractivity contribution in [1.82, 2.24) is 4.98 Å². The molecule has 128 valence electrons. The van der Waals surface area contributed by atoms with E-state index >= 15 is 0 Å². The van der Waals surface area contributed by atoms with Gasteiger partial charge in [0.2, 0.25) is 0 Å². The van der Waals surface area contributed by atoms with Gasteiger partial charge in [-0.05, 0) is 36.2 Å². The molecule has 25 heavy (non-hydrogen) atoms. The molecule has 1 N–H and O–H groups in total. The molecule has 0 aliphatic carbocycles. The quantitative estimate of drug-likeness (QED) is 0.729. The lowest BCUT2D eigenvalue weighted by Gasteiger charge is -2.11. The van der Waals surface area contributed by atoms with Crippen molar-refractivity contribution in [3.8, 4) is 11.3 Å².